The Kier molecular flexibility index (Phi) is 8.41. The molecule has 0 unspecified atom stereocenters. The second kappa shape index (κ2) is 7.89. The van der Waals surface area contributed by atoms with E-state index in [4.69, 9.17) is 16.2 Å². The summed E-state index contributed by atoms with van der Waals surface area (Å²) >= 11 is 0. The van der Waals surface area contributed by atoms with Crippen molar-refractivity contribution in [2.24, 2.45) is 5.73 Å². The van der Waals surface area contributed by atoms with Crippen LogP contribution >= 0.6 is 0 Å². The third kappa shape index (κ3) is 15.1. The number of quaternary nitrogens is 1. The second-order valence-corrected chi connectivity index (χ2v) is 4.35. The van der Waals surface area contributed by atoms with Gasteiger partial charge in [-0.25, -0.2) is 0 Å². The zero-order valence-corrected chi connectivity index (χ0v) is 10.4. The molecule has 96 valence electrons. The van der Waals surface area contributed by atoms with Gasteiger partial charge < -0.3 is 30.1 Å². The third-order valence-corrected chi connectivity index (χ3v) is 1.55. The van der Waals surface area contributed by atoms with Crippen LogP contribution < -0.4 is 10.8 Å². The Morgan fingerprint density at radius 3 is 2.00 bits per heavy atom. The standard InChI is InChI=1S/C5H14NO.C4H9N3O2/c1-6(2,3)4-5-7;1-7(4(5)6)2-3(8)9/h7H,4-5H2,1-3H3;2H2,1H3,(H3,5,6)(H,8,9)/q+1;/p-1. The van der Waals surface area contributed by atoms with Crippen LogP contribution in [0.3, 0.4) is 0 Å². The van der Waals surface area contributed by atoms with Gasteiger partial charge in [-0.05, 0) is 0 Å². The number of aliphatic carboxylic acids is 1. The van der Waals surface area contributed by atoms with Crippen molar-refractivity contribution in [3.63, 3.8) is 0 Å². The number of guanidine groups is 1. The Labute approximate surface area is 96.2 Å². The summed E-state index contributed by atoms with van der Waals surface area (Å²) in [5.74, 6) is -1.52. The monoisotopic (exact) mass is 234 g/mol. The highest BCUT2D eigenvalue weighted by atomic mass is 16.4. The van der Waals surface area contributed by atoms with Crippen molar-refractivity contribution < 1.29 is 19.5 Å². The Morgan fingerprint density at radius 2 is 1.94 bits per heavy atom. The van der Waals surface area contributed by atoms with E-state index in [1.807, 2.05) is 0 Å². The highest BCUT2D eigenvalue weighted by Gasteiger charge is 2.02. The molecule has 0 saturated carbocycles. The highest BCUT2D eigenvalue weighted by molar-refractivity contribution is 5.79. The molecule has 0 saturated heterocycles. The van der Waals surface area contributed by atoms with Crippen LogP contribution in [0.15, 0.2) is 0 Å². The number of nitrogens with two attached hydrogens (primary N) is 1. The van der Waals surface area contributed by atoms with Crippen molar-refractivity contribution in [2.75, 3.05) is 47.9 Å². The first-order chi connectivity index (χ1) is 7.10. The summed E-state index contributed by atoms with van der Waals surface area (Å²) in [6.07, 6.45) is 0. The van der Waals surface area contributed by atoms with E-state index in [0.717, 1.165) is 15.9 Å². The topological polar surface area (TPSA) is 113 Å². The number of carboxylic acids is 1. The molecular weight excluding hydrogens is 212 g/mol. The molecule has 0 aliphatic heterocycles. The molecule has 0 aliphatic rings. The summed E-state index contributed by atoms with van der Waals surface area (Å²) in [7, 11) is 7.56. The van der Waals surface area contributed by atoms with E-state index in [9.17, 15) is 9.90 Å². The average molecular weight is 234 g/mol. The third-order valence-electron chi connectivity index (χ3n) is 1.55. The molecule has 0 spiro atoms. The predicted octanol–water partition coefficient (Wildman–Crippen LogP) is -2.75. The van der Waals surface area contributed by atoms with Gasteiger partial charge in [0.25, 0.3) is 0 Å². The van der Waals surface area contributed by atoms with E-state index in [0.29, 0.717) is 0 Å². The molecular formula is C9H22N4O3. The first-order valence-corrected chi connectivity index (χ1v) is 4.76. The fourth-order valence-electron chi connectivity index (χ4n) is 0.579. The van der Waals surface area contributed by atoms with Crippen LogP contribution in [-0.2, 0) is 4.79 Å². The molecule has 0 fully saturated rings. The van der Waals surface area contributed by atoms with Gasteiger partial charge in [-0.15, -0.1) is 0 Å². The number of nitrogens with zero attached hydrogens (tertiary/aromatic N) is 2. The number of likely N-dealkylation sites (N-methyl/N-ethyl adjacent to an activating group) is 2. The molecule has 0 heterocycles. The van der Waals surface area contributed by atoms with Crippen molar-refractivity contribution in [1.82, 2.24) is 4.90 Å². The summed E-state index contributed by atoms with van der Waals surface area (Å²) in [4.78, 5) is 10.9. The minimum atomic E-state index is -1.24. The Bertz CT molecular complexity index is 225. The number of hydrogen-bond donors (Lipinski definition) is 3. The van der Waals surface area contributed by atoms with Gasteiger partial charge in [-0.1, -0.05) is 0 Å². The molecule has 16 heavy (non-hydrogen) atoms. The van der Waals surface area contributed by atoms with E-state index in [1.54, 1.807) is 0 Å². The lowest BCUT2D eigenvalue weighted by Gasteiger charge is -2.21. The molecule has 0 amide bonds. The van der Waals surface area contributed by atoms with Gasteiger partial charge in [0.15, 0.2) is 5.96 Å². The summed E-state index contributed by atoms with van der Waals surface area (Å²) in [5, 5.41) is 24.9. The summed E-state index contributed by atoms with van der Waals surface area (Å²) in [5.41, 5.74) is 4.90. The van der Waals surface area contributed by atoms with Gasteiger partial charge >= 0.3 is 0 Å². The van der Waals surface area contributed by atoms with E-state index in [2.05, 4.69) is 21.1 Å². The van der Waals surface area contributed by atoms with Gasteiger partial charge in [-0.3, -0.25) is 5.41 Å². The summed E-state index contributed by atoms with van der Waals surface area (Å²) in [6.45, 7) is 0.777. The number of hydrogen-bond acceptors (Lipinski definition) is 4. The van der Waals surface area contributed by atoms with Gasteiger partial charge in [-0.2, -0.15) is 0 Å². The van der Waals surface area contributed by atoms with E-state index >= 15 is 0 Å². The number of aliphatic hydroxyl groups is 1. The SMILES string of the molecule is CN(CC(=O)[O-])C(=N)N.C[N+](C)(C)CCO. The molecule has 0 rings (SSSR count). The van der Waals surface area contributed by atoms with Crippen LogP contribution in [0, 0.1) is 5.41 Å². The van der Waals surface area contributed by atoms with Crippen molar-refractivity contribution in [3.8, 4) is 0 Å². The van der Waals surface area contributed by atoms with Crippen molar-refractivity contribution in [1.29, 1.82) is 5.41 Å². The predicted molar refractivity (Wildman–Crippen MR) is 59.5 cm³/mol. The maximum atomic E-state index is 9.81. The number of carboxylic acid groups (broad SMARTS) is 1. The van der Waals surface area contributed by atoms with Crippen LogP contribution in [-0.4, -0.2) is 74.3 Å². The van der Waals surface area contributed by atoms with Crippen LogP contribution in [0.5, 0.6) is 0 Å². The Hall–Kier alpha value is -1.34. The van der Waals surface area contributed by atoms with Crippen molar-refractivity contribution in [2.45, 2.75) is 0 Å². The fourth-order valence-corrected chi connectivity index (χ4v) is 0.579. The zero-order chi connectivity index (χ0) is 13.4. The van der Waals surface area contributed by atoms with Crippen LogP contribution in [0.4, 0.5) is 0 Å². The summed E-state index contributed by atoms with van der Waals surface area (Å²) in [6, 6.07) is 0. The fraction of sp³-hybridized carbons (Fsp3) is 0.778. The molecule has 7 heteroatoms. The molecule has 0 atom stereocenters. The zero-order valence-electron chi connectivity index (χ0n) is 10.4. The van der Waals surface area contributed by atoms with Crippen LogP contribution in [0.1, 0.15) is 0 Å². The smallest absolute Gasteiger partial charge is 0.188 e. The van der Waals surface area contributed by atoms with Gasteiger partial charge in [0, 0.05) is 7.05 Å². The average Bonchev–Trinajstić information content (AvgIpc) is 2.01. The van der Waals surface area contributed by atoms with Crippen molar-refractivity contribution in [3.05, 3.63) is 0 Å². The molecule has 0 aromatic heterocycles. The summed E-state index contributed by atoms with van der Waals surface area (Å²) < 4.78 is 0.844. The number of rotatable bonds is 4. The second-order valence-electron chi connectivity index (χ2n) is 4.35. The maximum absolute atomic E-state index is 9.81. The number of aliphatic hydroxyl groups excluding tert-OH is 1. The van der Waals surface area contributed by atoms with E-state index in [-0.39, 0.29) is 19.1 Å². The highest BCUT2D eigenvalue weighted by Crippen LogP contribution is 1.84. The molecule has 4 N–H and O–H groups in total. The van der Waals surface area contributed by atoms with E-state index in [1.165, 1.54) is 7.05 Å². The van der Waals surface area contributed by atoms with Gasteiger partial charge in [0.05, 0.1) is 40.3 Å². The normalized spacial score (nSPS) is 10.1. The lowest BCUT2D eigenvalue weighted by atomic mass is 10.5. The number of carbonyl (C=O) groups excluding carboxylic acids is 1. The largest absolute Gasteiger partial charge is 0.548 e. The molecule has 0 aromatic carbocycles. The number of carbonyl (C=O) groups is 1. The quantitative estimate of drug-likeness (QED) is 0.277. The van der Waals surface area contributed by atoms with E-state index < -0.39 is 5.97 Å². The maximum Gasteiger partial charge on any atom is 0.188 e. The first kappa shape index (κ1) is 17.1. The van der Waals surface area contributed by atoms with Crippen LogP contribution in [0.25, 0.3) is 0 Å². The first-order valence-electron chi connectivity index (χ1n) is 4.76. The molecule has 0 radical (unpaired) electrons. The lowest BCUT2D eigenvalue weighted by Crippen LogP contribution is -2.41. The minimum Gasteiger partial charge on any atom is -0.548 e. The minimum absolute atomic E-state index is 0.279. The molecule has 0 bridgehead atoms. The Balaban J connectivity index is 0. The Morgan fingerprint density at radius 1 is 1.50 bits per heavy atom. The van der Waals surface area contributed by atoms with Gasteiger partial charge in [0.1, 0.15) is 6.54 Å². The van der Waals surface area contributed by atoms with Gasteiger partial charge in [0.2, 0.25) is 0 Å². The molecule has 7 nitrogen and oxygen atoms in total. The molecule has 0 aliphatic carbocycles. The lowest BCUT2D eigenvalue weighted by molar-refractivity contribution is -0.870. The van der Waals surface area contributed by atoms with Crippen LogP contribution in [0.2, 0.25) is 0 Å². The van der Waals surface area contributed by atoms with Crippen molar-refractivity contribution >= 4 is 11.9 Å². The number of nitrogens with one attached hydrogen (secondary N) is 1. The molecule has 0 aromatic rings.